The molecule has 0 spiro atoms. The molecule has 0 heterocycles. The molecular weight excluding hydrogens is 873 g/mol. The van der Waals surface area contributed by atoms with Crippen molar-refractivity contribution in [3.05, 3.63) is 239 Å². The summed E-state index contributed by atoms with van der Waals surface area (Å²) in [7, 11) is 0. The standard InChI is InChI=1S/C27H28O4.C18H20O2.C17H20O2/c1-25(22-12-16-26(28,29)17-13-22,23-14-18-27(30,31)19-15-23)24(20-8-4-2-5-9-20)21-10-6-3-7-11-21;19-16-8-4-14(5-9-16)18(12-2-1-3-13-18)15-6-10-17(20)11-7-15;1-17(2,14-5-9-16(19)10-6-14)12-11-13-3-7-15(18)8-4-13/h2-16,18,24,28-31H,17,19H2,1H3;4-11,19-20H,1-3,12-13H2;3-10,18-19H,11-12H2,1-2H3. The van der Waals surface area contributed by atoms with E-state index in [0.29, 0.717) is 23.0 Å². The molecule has 0 unspecified atom stereocenters. The lowest BCUT2D eigenvalue weighted by Gasteiger charge is -2.43. The predicted octanol–water partition coefficient (Wildman–Crippen LogP) is 12.3. The molecule has 0 saturated heterocycles. The van der Waals surface area contributed by atoms with Crippen molar-refractivity contribution in [2.75, 3.05) is 0 Å². The Kier molecular flexibility index (Phi) is 16.0. The fourth-order valence-electron chi connectivity index (χ4n) is 10.3. The van der Waals surface area contributed by atoms with Crippen LogP contribution in [0.3, 0.4) is 0 Å². The smallest absolute Gasteiger partial charge is 0.186 e. The first-order valence-corrected chi connectivity index (χ1v) is 24.3. The molecule has 0 radical (unpaired) electrons. The maximum absolute atomic E-state index is 10.0. The lowest BCUT2D eigenvalue weighted by Crippen LogP contribution is -2.35. The van der Waals surface area contributed by atoms with Gasteiger partial charge in [-0.15, -0.1) is 0 Å². The fraction of sp³-hybridized carbons (Fsp3) is 0.290. The molecule has 6 aromatic carbocycles. The van der Waals surface area contributed by atoms with Gasteiger partial charge in [0.25, 0.3) is 0 Å². The van der Waals surface area contributed by atoms with Crippen LogP contribution in [0.1, 0.15) is 111 Å². The summed E-state index contributed by atoms with van der Waals surface area (Å²) >= 11 is 0. The molecular formula is C62H68O8. The first-order valence-electron chi connectivity index (χ1n) is 24.3. The van der Waals surface area contributed by atoms with E-state index in [4.69, 9.17) is 0 Å². The minimum atomic E-state index is -1.86. The van der Waals surface area contributed by atoms with E-state index >= 15 is 0 Å². The Balaban J connectivity index is 0.000000162. The number of hydrogen-bond acceptors (Lipinski definition) is 8. The number of hydrogen-bond donors (Lipinski definition) is 8. The van der Waals surface area contributed by atoms with Gasteiger partial charge < -0.3 is 40.9 Å². The molecule has 0 aromatic heterocycles. The van der Waals surface area contributed by atoms with Crippen LogP contribution in [0.5, 0.6) is 23.0 Å². The quantitative estimate of drug-likeness (QED) is 0.0596. The van der Waals surface area contributed by atoms with Crippen LogP contribution in [0.15, 0.2) is 205 Å². The second-order valence-electron chi connectivity index (χ2n) is 19.9. The Bertz CT molecular complexity index is 2600. The molecule has 3 aliphatic rings. The highest BCUT2D eigenvalue weighted by atomic mass is 16.5. The van der Waals surface area contributed by atoms with Crippen molar-refractivity contribution >= 4 is 0 Å². The van der Waals surface area contributed by atoms with Crippen molar-refractivity contribution in [2.24, 2.45) is 5.41 Å². The van der Waals surface area contributed by atoms with E-state index in [1.807, 2.05) is 97.1 Å². The molecule has 0 atom stereocenters. The Labute approximate surface area is 413 Å². The molecule has 0 bridgehead atoms. The van der Waals surface area contributed by atoms with Crippen LogP contribution in [-0.2, 0) is 17.3 Å². The second kappa shape index (κ2) is 22.0. The van der Waals surface area contributed by atoms with Crippen molar-refractivity contribution in [3.63, 3.8) is 0 Å². The maximum Gasteiger partial charge on any atom is 0.186 e. The third kappa shape index (κ3) is 12.6. The third-order valence-corrected chi connectivity index (χ3v) is 14.5. The van der Waals surface area contributed by atoms with E-state index in [0.717, 1.165) is 48.0 Å². The summed E-state index contributed by atoms with van der Waals surface area (Å²) in [6, 6.07) is 50.4. The number of benzene rings is 6. The Morgan fingerprint density at radius 2 is 0.857 bits per heavy atom. The van der Waals surface area contributed by atoms with Gasteiger partial charge in [0.1, 0.15) is 23.0 Å². The van der Waals surface area contributed by atoms with Gasteiger partial charge in [0, 0.05) is 29.6 Å². The number of rotatable bonds is 11. The molecule has 0 amide bonds. The Morgan fingerprint density at radius 3 is 1.24 bits per heavy atom. The van der Waals surface area contributed by atoms with Gasteiger partial charge in [-0.2, -0.15) is 0 Å². The van der Waals surface area contributed by atoms with Crippen molar-refractivity contribution in [1.29, 1.82) is 0 Å². The molecule has 8 nitrogen and oxygen atoms in total. The molecule has 8 N–H and O–H groups in total. The average molecular weight is 941 g/mol. The topological polar surface area (TPSA) is 162 Å². The van der Waals surface area contributed by atoms with E-state index in [9.17, 15) is 40.9 Å². The summed E-state index contributed by atoms with van der Waals surface area (Å²) in [5.41, 5.74) is 8.61. The van der Waals surface area contributed by atoms with E-state index in [2.05, 4.69) is 45.0 Å². The Morgan fingerprint density at radius 1 is 0.471 bits per heavy atom. The molecule has 9 rings (SSSR count). The van der Waals surface area contributed by atoms with Gasteiger partial charge in [0.15, 0.2) is 11.6 Å². The first kappa shape index (κ1) is 51.2. The second-order valence-corrected chi connectivity index (χ2v) is 19.9. The van der Waals surface area contributed by atoms with Gasteiger partial charge in [-0.3, -0.25) is 0 Å². The van der Waals surface area contributed by atoms with Gasteiger partial charge in [0.05, 0.1) is 0 Å². The monoisotopic (exact) mass is 940 g/mol. The largest absolute Gasteiger partial charge is 0.508 e. The highest BCUT2D eigenvalue weighted by molar-refractivity contribution is 5.52. The lowest BCUT2D eigenvalue weighted by atomic mass is 9.60. The first-order chi connectivity index (χ1) is 33.4. The zero-order chi connectivity index (χ0) is 50.0. The van der Waals surface area contributed by atoms with Crippen LogP contribution >= 0.6 is 0 Å². The van der Waals surface area contributed by atoms with Crippen molar-refractivity contribution < 1.29 is 40.9 Å². The van der Waals surface area contributed by atoms with Crippen LogP contribution in [-0.4, -0.2) is 52.4 Å². The summed E-state index contributed by atoms with van der Waals surface area (Å²) in [6.07, 6.45) is 18.3. The predicted molar refractivity (Wildman–Crippen MR) is 278 cm³/mol. The number of allylic oxidation sites excluding steroid dienone is 4. The van der Waals surface area contributed by atoms with Gasteiger partial charge >= 0.3 is 0 Å². The van der Waals surface area contributed by atoms with Gasteiger partial charge in [-0.05, 0) is 136 Å². The molecule has 70 heavy (non-hydrogen) atoms. The van der Waals surface area contributed by atoms with Crippen LogP contribution in [0.4, 0.5) is 0 Å². The van der Waals surface area contributed by atoms with E-state index < -0.39 is 17.0 Å². The summed E-state index contributed by atoms with van der Waals surface area (Å²) in [5, 5.41) is 77.8. The minimum absolute atomic E-state index is 0.0274. The summed E-state index contributed by atoms with van der Waals surface area (Å²) in [6.45, 7) is 6.55. The molecule has 364 valence electrons. The van der Waals surface area contributed by atoms with Crippen LogP contribution in [0, 0.1) is 5.41 Å². The highest BCUT2D eigenvalue weighted by Crippen LogP contribution is 2.54. The third-order valence-electron chi connectivity index (χ3n) is 14.5. The summed E-state index contributed by atoms with van der Waals surface area (Å²) in [5.74, 6) is -2.57. The molecule has 6 aromatic rings. The summed E-state index contributed by atoms with van der Waals surface area (Å²) < 4.78 is 0. The SMILES string of the molecule is CC(C)(CCc1ccc(O)cc1)c1ccc(O)cc1.CC(C1=CCC(O)(O)C=C1)(C1=CCC(O)(O)C=C1)C(c1ccccc1)c1ccccc1.Oc1ccc(C2(c3ccc(O)cc3)CCCCC2)cc1. The van der Waals surface area contributed by atoms with Gasteiger partial charge in [-0.25, -0.2) is 0 Å². The zero-order valence-electron chi connectivity index (χ0n) is 40.5. The molecule has 1 fully saturated rings. The van der Waals surface area contributed by atoms with Crippen LogP contribution in [0.25, 0.3) is 0 Å². The highest BCUT2D eigenvalue weighted by Gasteiger charge is 2.44. The maximum atomic E-state index is 10.0. The Hall–Kier alpha value is -6.68. The van der Waals surface area contributed by atoms with Crippen molar-refractivity contribution in [1.82, 2.24) is 0 Å². The summed E-state index contributed by atoms with van der Waals surface area (Å²) in [4.78, 5) is 0. The number of phenolic OH excluding ortho intramolecular Hbond substituents is 4. The molecule has 0 aliphatic heterocycles. The molecule has 3 aliphatic carbocycles. The van der Waals surface area contributed by atoms with Crippen LogP contribution in [0.2, 0.25) is 0 Å². The van der Waals surface area contributed by atoms with E-state index in [1.54, 1.807) is 60.7 Å². The van der Waals surface area contributed by atoms with Crippen molar-refractivity contribution in [2.45, 2.75) is 107 Å². The normalized spacial score (nSPS) is 17.0. The van der Waals surface area contributed by atoms with Crippen molar-refractivity contribution in [3.8, 4) is 23.0 Å². The number of aryl methyl sites for hydroxylation is 1. The fourth-order valence-corrected chi connectivity index (χ4v) is 10.3. The lowest BCUT2D eigenvalue weighted by molar-refractivity contribution is -0.115. The minimum Gasteiger partial charge on any atom is -0.508 e. The number of aromatic hydroxyl groups is 4. The van der Waals surface area contributed by atoms with Gasteiger partial charge in [-0.1, -0.05) is 174 Å². The molecule has 8 heteroatoms. The van der Waals surface area contributed by atoms with E-state index in [1.165, 1.54) is 53.7 Å². The number of aliphatic hydroxyl groups is 4. The van der Waals surface area contributed by atoms with Gasteiger partial charge in [0.2, 0.25) is 0 Å². The van der Waals surface area contributed by atoms with Crippen LogP contribution < -0.4 is 0 Å². The zero-order valence-corrected chi connectivity index (χ0v) is 40.5. The number of phenols is 4. The van der Waals surface area contributed by atoms with E-state index in [-0.39, 0.29) is 29.6 Å². The molecule has 1 saturated carbocycles. The average Bonchev–Trinajstić information content (AvgIpc) is 3.35.